The third-order valence-electron chi connectivity index (χ3n) is 2.66. The average Bonchev–Trinajstić information content (AvgIpc) is 2.23. The predicted octanol–water partition coefficient (Wildman–Crippen LogP) is 2.29. The minimum Gasteiger partial charge on any atom is -0.258 e. The second kappa shape index (κ2) is 5.21. The van der Waals surface area contributed by atoms with Crippen molar-refractivity contribution in [3.8, 4) is 0 Å². The van der Waals surface area contributed by atoms with E-state index in [1.165, 1.54) is 5.56 Å². The van der Waals surface area contributed by atoms with E-state index in [2.05, 4.69) is 39.0 Å². The molecule has 0 aliphatic carbocycles. The lowest BCUT2D eigenvalue weighted by molar-refractivity contribution is 0.780. The maximum Gasteiger partial charge on any atom is 0.132 e. The van der Waals surface area contributed by atoms with Crippen molar-refractivity contribution in [3.05, 3.63) is 46.6 Å². The van der Waals surface area contributed by atoms with Gasteiger partial charge in [-0.2, -0.15) is 0 Å². The lowest BCUT2D eigenvalue weighted by Gasteiger charge is -2.04. The van der Waals surface area contributed by atoms with Crippen molar-refractivity contribution in [1.82, 2.24) is 19.9 Å². The van der Waals surface area contributed by atoms with Gasteiger partial charge in [-0.3, -0.25) is 4.98 Å². The summed E-state index contributed by atoms with van der Waals surface area (Å²) in [5.74, 6) is 2.41. The Labute approximate surface area is 108 Å². The minimum atomic E-state index is 0.783. The first-order valence-electron chi connectivity index (χ1n) is 6.15. The molecular formula is C14H18N4. The number of aromatic nitrogens is 4. The van der Waals surface area contributed by atoms with E-state index in [-0.39, 0.29) is 0 Å². The van der Waals surface area contributed by atoms with E-state index in [0.29, 0.717) is 0 Å². The summed E-state index contributed by atoms with van der Waals surface area (Å²) in [6.07, 6.45) is 1.67. The maximum atomic E-state index is 4.52. The van der Waals surface area contributed by atoms with Crippen molar-refractivity contribution < 1.29 is 0 Å². The molecule has 0 amide bonds. The van der Waals surface area contributed by atoms with Gasteiger partial charge in [0, 0.05) is 17.8 Å². The molecule has 0 atom stereocenters. The van der Waals surface area contributed by atoms with Crippen LogP contribution in [0.1, 0.15) is 34.4 Å². The van der Waals surface area contributed by atoms with Crippen LogP contribution in [0.4, 0.5) is 0 Å². The van der Waals surface area contributed by atoms with E-state index in [9.17, 15) is 0 Å². The highest BCUT2D eigenvalue weighted by Gasteiger charge is 2.03. The topological polar surface area (TPSA) is 51.6 Å². The van der Waals surface area contributed by atoms with Crippen LogP contribution in [-0.2, 0) is 12.8 Å². The number of rotatable bonds is 3. The number of pyridine rings is 1. The summed E-state index contributed by atoms with van der Waals surface area (Å²) in [4.78, 5) is 17.4. The molecule has 0 saturated carbocycles. The van der Waals surface area contributed by atoms with Crippen molar-refractivity contribution in [3.63, 3.8) is 0 Å². The predicted molar refractivity (Wildman–Crippen MR) is 70.4 cm³/mol. The summed E-state index contributed by atoms with van der Waals surface area (Å²) < 4.78 is 0. The second-order valence-electron chi connectivity index (χ2n) is 4.62. The molecule has 0 saturated heterocycles. The molecule has 2 aromatic heterocycles. The van der Waals surface area contributed by atoms with Crippen molar-refractivity contribution in [2.75, 3.05) is 0 Å². The summed E-state index contributed by atoms with van der Waals surface area (Å²) in [6.45, 7) is 7.91. The van der Waals surface area contributed by atoms with Gasteiger partial charge < -0.3 is 0 Å². The highest BCUT2D eigenvalue weighted by Crippen LogP contribution is 2.07. The summed E-state index contributed by atoms with van der Waals surface area (Å²) in [6, 6.07) is 4.20. The van der Waals surface area contributed by atoms with Gasteiger partial charge in [-0.15, -0.1) is 0 Å². The molecule has 0 fully saturated rings. The van der Waals surface area contributed by atoms with E-state index in [0.717, 1.165) is 41.7 Å². The number of nitrogens with zero attached hydrogens (tertiary/aromatic N) is 4. The van der Waals surface area contributed by atoms with E-state index in [1.807, 2.05) is 20.8 Å². The number of hydrogen-bond acceptors (Lipinski definition) is 4. The van der Waals surface area contributed by atoms with E-state index < -0.39 is 0 Å². The summed E-state index contributed by atoms with van der Waals surface area (Å²) in [5.41, 5.74) is 3.41. The monoisotopic (exact) mass is 242 g/mol. The zero-order chi connectivity index (χ0) is 13.1. The van der Waals surface area contributed by atoms with Gasteiger partial charge in [-0.05, 0) is 51.8 Å². The van der Waals surface area contributed by atoms with Crippen molar-refractivity contribution in [1.29, 1.82) is 0 Å². The lowest BCUT2D eigenvalue weighted by atomic mass is 10.1. The van der Waals surface area contributed by atoms with Crippen LogP contribution in [0, 0.1) is 27.7 Å². The fraction of sp³-hybridized carbons (Fsp3) is 0.429. The molecule has 4 nitrogen and oxygen atoms in total. The fourth-order valence-corrected chi connectivity index (χ4v) is 2.09. The first-order chi connectivity index (χ1) is 8.52. The highest BCUT2D eigenvalue weighted by molar-refractivity contribution is 5.19. The Hall–Kier alpha value is -1.84. The van der Waals surface area contributed by atoms with E-state index in [1.54, 1.807) is 0 Å². The second-order valence-corrected chi connectivity index (χ2v) is 4.62. The largest absolute Gasteiger partial charge is 0.258 e. The Morgan fingerprint density at radius 1 is 0.778 bits per heavy atom. The molecule has 18 heavy (non-hydrogen) atoms. The molecule has 0 radical (unpaired) electrons. The van der Waals surface area contributed by atoms with Crippen molar-refractivity contribution in [2.45, 2.75) is 40.5 Å². The van der Waals surface area contributed by atoms with Gasteiger partial charge >= 0.3 is 0 Å². The molecule has 0 unspecified atom stereocenters. The van der Waals surface area contributed by atoms with E-state index >= 15 is 0 Å². The Balaban J connectivity index is 2.11. The smallest absolute Gasteiger partial charge is 0.132 e. The van der Waals surface area contributed by atoms with Gasteiger partial charge in [0.1, 0.15) is 17.5 Å². The molecule has 0 spiro atoms. The zero-order valence-electron chi connectivity index (χ0n) is 11.4. The molecule has 0 aliphatic rings. The molecule has 2 heterocycles. The Morgan fingerprint density at radius 3 is 2.06 bits per heavy atom. The quantitative estimate of drug-likeness (QED) is 0.828. The standard InChI is InChI=1S/C14H18N4/c1-9-7-10(2)15-13(8-9)5-6-14-17-11(3)16-12(4)18-14/h7-8H,5-6H2,1-4H3. The molecule has 94 valence electrons. The average molecular weight is 242 g/mol. The Bertz CT molecular complexity index is 472. The van der Waals surface area contributed by atoms with Crippen LogP contribution in [0.25, 0.3) is 0 Å². The molecule has 0 N–H and O–H groups in total. The van der Waals surface area contributed by atoms with Crippen LogP contribution in [0.5, 0.6) is 0 Å². The Kier molecular flexibility index (Phi) is 3.65. The SMILES string of the molecule is Cc1cc(C)nc(CCc2nc(C)nc(C)n2)c1. The van der Waals surface area contributed by atoms with Gasteiger partial charge in [-0.1, -0.05) is 0 Å². The van der Waals surface area contributed by atoms with Crippen LogP contribution >= 0.6 is 0 Å². The van der Waals surface area contributed by atoms with Gasteiger partial charge in [0.25, 0.3) is 0 Å². The van der Waals surface area contributed by atoms with Crippen LogP contribution in [-0.4, -0.2) is 19.9 Å². The molecule has 4 heteroatoms. The molecule has 0 bridgehead atoms. The molecular weight excluding hydrogens is 224 g/mol. The summed E-state index contributed by atoms with van der Waals surface area (Å²) in [5, 5.41) is 0. The van der Waals surface area contributed by atoms with Crippen molar-refractivity contribution >= 4 is 0 Å². The van der Waals surface area contributed by atoms with Gasteiger partial charge in [-0.25, -0.2) is 15.0 Å². The molecule has 2 aromatic rings. The summed E-state index contributed by atoms with van der Waals surface area (Å²) in [7, 11) is 0. The lowest BCUT2D eigenvalue weighted by Crippen LogP contribution is -2.05. The molecule has 0 aromatic carbocycles. The van der Waals surface area contributed by atoms with Gasteiger partial charge in [0.2, 0.25) is 0 Å². The van der Waals surface area contributed by atoms with Crippen molar-refractivity contribution in [2.24, 2.45) is 0 Å². The van der Waals surface area contributed by atoms with Crippen LogP contribution < -0.4 is 0 Å². The Morgan fingerprint density at radius 2 is 1.44 bits per heavy atom. The third kappa shape index (κ3) is 3.32. The van der Waals surface area contributed by atoms with E-state index in [4.69, 9.17) is 0 Å². The van der Waals surface area contributed by atoms with Gasteiger partial charge in [0.15, 0.2) is 0 Å². The fourth-order valence-electron chi connectivity index (χ4n) is 2.09. The number of hydrogen-bond donors (Lipinski definition) is 0. The molecule has 2 rings (SSSR count). The normalized spacial score (nSPS) is 10.7. The first kappa shape index (κ1) is 12.6. The van der Waals surface area contributed by atoms with Crippen LogP contribution in [0.15, 0.2) is 12.1 Å². The first-order valence-corrected chi connectivity index (χ1v) is 6.15. The zero-order valence-corrected chi connectivity index (χ0v) is 11.4. The number of aryl methyl sites for hydroxylation is 6. The van der Waals surface area contributed by atoms with Gasteiger partial charge in [0.05, 0.1) is 0 Å². The minimum absolute atomic E-state index is 0.783. The van der Waals surface area contributed by atoms with Crippen LogP contribution in [0.3, 0.4) is 0 Å². The molecule has 0 aliphatic heterocycles. The highest BCUT2D eigenvalue weighted by atomic mass is 15.0. The van der Waals surface area contributed by atoms with Crippen LogP contribution in [0.2, 0.25) is 0 Å². The third-order valence-corrected chi connectivity index (χ3v) is 2.66. The maximum absolute atomic E-state index is 4.52. The summed E-state index contributed by atoms with van der Waals surface area (Å²) >= 11 is 0.